The topological polar surface area (TPSA) is 129 Å². The van der Waals surface area contributed by atoms with Crippen LogP contribution in [-0.2, 0) is 0 Å². The molecule has 0 saturated carbocycles. The fourth-order valence-corrected chi connectivity index (χ4v) is 2.46. The van der Waals surface area contributed by atoms with Gasteiger partial charge in [-0.2, -0.15) is 0 Å². The van der Waals surface area contributed by atoms with Gasteiger partial charge < -0.3 is 40.6 Å². The molecule has 0 saturated heterocycles. The smallest absolute Gasteiger partial charge is 0.146 e. The van der Waals surface area contributed by atoms with Crippen LogP contribution in [0.2, 0.25) is 10.0 Å². The SMILES string of the molecule is COc1cc(OCCO)c(Cl)cc1N.COc1cc(OCCO)c(N)cc1Cl. The minimum absolute atomic E-state index is 0.0651. The summed E-state index contributed by atoms with van der Waals surface area (Å²) < 4.78 is 20.3. The van der Waals surface area contributed by atoms with Crippen LogP contribution in [0.1, 0.15) is 0 Å². The van der Waals surface area contributed by atoms with E-state index in [4.69, 9.17) is 63.8 Å². The molecule has 0 radical (unpaired) electrons. The molecule has 0 bridgehead atoms. The Morgan fingerprint density at radius 2 is 1.14 bits per heavy atom. The lowest BCUT2D eigenvalue weighted by Crippen LogP contribution is -2.04. The Hall–Kier alpha value is -2.26. The zero-order chi connectivity index (χ0) is 21.1. The maximum absolute atomic E-state index is 8.58. The number of aliphatic hydroxyl groups excluding tert-OH is 2. The molecule has 2 aromatic rings. The molecule has 28 heavy (non-hydrogen) atoms. The normalized spacial score (nSPS) is 9.93. The van der Waals surface area contributed by atoms with Crippen molar-refractivity contribution >= 4 is 34.6 Å². The molecule has 0 aliphatic rings. The molecule has 156 valence electrons. The second-order valence-electron chi connectivity index (χ2n) is 5.19. The van der Waals surface area contributed by atoms with Crippen LogP contribution in [0.4, 0.5) is 11.4 Å². The van der Waals surface area contributed by atoms with Gasteiger partial charge in [-0.3, -0.25) is 0 Å². The van der Waals surface area contributed by atoms with Crippen LogP contribution in [0.3, 0.4) is 0 Å². The number of hydrogen-bond donors (Lipinski definition) is 4. The lowest BCUT2D eigenvalue weighted by molar-refractivity contribution is 0.201. The Morgan fingerprint density at radius 1 is 0.714 bits per heavy atom. The number of rotatable bonds is 8. The zero-order valence-electron chi connectivity index (χ0n) is 15.6. The maximum Gasteiger partial charge on any atom is 0.146 e. The van der Waals surface area contributed by atoms with E-state index in [1.54, 1.807) is 24.3 Å². The summed E-state index contributed by atoms with van der Waals surface area (Å²) in [6.07, 6.45) is 0. The lowest BCUT2D eigenvalue weighted by atomic mass is 10.3. The molecule has 0 heterocycles. The van der Waals surface area contributed by atoms with Crippen LogP contribution in [0.5, 0.6) is 23.0 Å². The van der Waals surface area contributed by atoms with Crippen molar-refractivity contribution in [1.82, 2.24) is 0 Å². The molecule has 0 aromatic heterocycles. The number of benzene rings is 2. The number of methoxy groups -OCH3 is 2. The van der Waals surface area contributed by atoms with Gasteiger partial charge in [-0.05, 0) is 12.1 Å². The fourth-order valence-electron chi connectivity index (χ4n) is 1.98. The summed E-state index contributed by atoms with van der Waals surface area (Å²) in [4.78, 5) is 0. The second-order valence-corrected chi connectivity index (χ2v) is 6.01. The molecule has 2 rings (SSSR count). The van der Waals surface area contributed by atoms with Gasteiger partial charge in [0, 0.05) is 12.1 Å². The highest BCUT2D eigenvalue weighted by Crippen LogP contribution is 2.35. The monoisotopic (exact) mass is 434 g/mol. The highest BCUT2D eigenvalue weighted by Gasteiger charge is 2.08. The first kappa shape index (κ1) is 23.8. The van der Waals surface area contributed by atoms with Crippen LogP contribution >= 0.6 is 23.2 Å². The average Bonchev–Trinajstić information content (AvgIpc) is 2.67. The van der Waals surface area contributed by atoms with Gasteiger partial charge in [-0.15, -0.1) is 0 Å². The van der Waals surface area contributed by atoms with Crippen LogP contribution in [0.25, 0.3) is 0 Å². The van der Waals surface area contributed by atoms with E-state index in [1.807, 2.05) is 0 Å². The van der Waals surface area contributed by atoms with Crippen LogP contribution in [0.15, 0.2) is 24.3 Å². The highest BCUT2D eigenvalue weighted by atomic mass is 35.5. The Kier molecular flexibility index (Phi) is 10.4. The standard InChI is InChI=1S/2C9H12ClNO3/c1-13-9-5-8(14-3-2-12)6(10)4-7(9)11;1-13-8-5-9(14-3-2-12)7(11)4-6(8)10/h2*4-5,12H,2-3,11H2,1H3. The van der Waals surface area contributed by atoms with E-state index in [2.05, 4.69) is 0 Å². The summed E-state index contributed by atoms with van der Waals surface area (Å²) in [5.74, 6) is 1.91. The van der Waals surface area contributed by atoms with E-state index in [0.717, 1.165) is 0 Å². The van der Waals surface area contributed by atoms with Crippen molar-refractivity contribution in [2.45, 2.75) is 0 Å². The third kappa shape index (κ3) is 7.05. The minimum Gasteiger partial charge on any atom is -0.495 e. The van der Waals surface area contributed by atoms with Gasteiger partial charge >= 0.3 is 0 Å². The molecule has 0 spiro atoms. The van der Waals surface area contributed by atoms with Gasteiger partial charge in [0.15, 0.2) is 0 Å². The van der Waals surface area contributed by atoms with Crippen molar-refractivity contribution in [1.29, 1.82) is 0 Å². The zero-order valence-corrected chi connectivity index (χ0v) is 17.1. The molecule has 0 fully saturated rings. The van der Waals surface area contributed by atoms with E-state index in [0.29, 0.717) is 44.4 Å². The first-order valence-electron chi connectivity index (χ1n) is 8.11. The first-order valence-corrected chi connectivity index (χ1v) is 8.86. The van der Waals surface area contributed by atoms with Crippen LogP contribution in [-0.4, -0.2) is 50.9 Å². The predicted molar refractivity (Wildman–Crippen MR) is 110 cm³/mol. The van der Waals surface area contributed by atoms with Gasteiger partial charge in [-0.25, -0.2) is 0 Å². The van der Waals surface area contributed by atoms with Crippen molar-refractivity contribution < 1.29 is 29.2 Å². The first-order chi connectivity index (χ1) is 13.4. The van der Waals surface area contributed by atoms with Crippen molar-refractivity contribution in [2.75, 3.05) is 52.1 Å². The molecule has 6 N–H and O–H groups in total. The molecule has 10 heteroatoms. The summed E-state index contributed by atoms with van der Waals surface area (Å²) in [7, 11) is 3.02. The van der Waals surface area contributed by atoms with Gasteiger partial charge in [0.1, 0.15) is 36.2 Å². The summed E-state index contributed by atoms with van der Waals surface area (Å²) >= 11 is 11.7. The maximum atomic E-state index is 8.58. The average molecular weight is 435 g/mol. The second kappa shape index (κ2) is 12.2. The van der Waals surface area contributed by atoms with Crippen molar-refractivity contribution in [3.05, 3.63) is 34.3 Å². The Labute approximate surface area is 173 Å². The third-order valence-corrected chi connectivity index (χ3v) is 3.86. The van der Waals surface area contributed by atoms with Crippen molar-refractivity contribution in [2.24, 2.45) is 0 Å². The van der Waals surface area contributed by atoms with Crippen molar-refractivity contribution in [3.63, 3.8) is 0 Å². The number of nitrogens with two attached hydrogens (primary N) is 2. The molecular weight excluding hydrogens is 411 g/mol. The fraction of sp³-hybridized carbons (Fsp3) is 0.333. The number of hydrogen-bond acceptors (Lipinski definition) is 8. The summed E-state index contributed by atoms with van der Waals surface area (Å²) in [5.41, 5.74) is 12.1. The Balaban J connectivity index is 0.000000280. The molecule has 2 aromatic carbocycles. The molecular formula is C18H24Cl2N2O6. The summed E-state index contributed by atoms with van der Waals surface area (Å²) in [6, 6.07) is 6.28. The van der Waals surface area contributed by atoms with Crippen molar-refractivity contribution in [3.8, 4) is 23.0 Å². The van der Waals surface area contributed by atoms with Crippen LogP contribution in [0, 0.1) is 0 Å². The largest absolute Gasteiger partial charge is 0.495 e. The third-order valence-electron chi connectivity index (χ3n) is 3.27. The summed E-state index contributed by atoms with van der Waals surface area (Å²) in [5, 5.41) is 18.0. The predicted octanol–water partition coefficient (Wildman–Crippen LogP) is 2.60. The Bertz CT molecular complexity index is 698. The van der Waals surface area contributed by atoms with E-state index in [1.165, 1.54) is 14.2 Å². The quantitative estimate of drug-likeness (QED) is 0.466. The molecule has 0 aliphatic carbocycles. The number of ether oxygens (including phenoxy) is 4. The van der Waals surface area contributed by atoms with E-state index in [9.17, 15) is 0 Å². The molecule has 8 nitrogen and oxygen atoms in total. The van der Waals surface area contributed by atoms with E-state index < -0.39 is 0 Å². The van der Waals surface area contributed by atoms with Gasteiger partial charge in [-0.1, -0.05) is 23.2 Å². The number of nitrogen functional groups attached to an aromatic ring is 2. The number of anilines is 2. The number of halogens is 2. The molecule has 0 unspecified atom stereocenters. The molecule has 0 aliphatic heterocycles. The number of aliphatic hydroxyl groups is 2. The Morgan fingerprint density at radius 3 is 1.64 bits per heavy atom. The molecule has 0 amide bonds. The molecule has 0 atom stereocenters. The van der Waals surface area contributed by atoms with Gasteiger partial charge in [0.2, 0.25) is 0 Å². The van der Waals surface area contributed by atoms with E-state index in [-0.39, 0.29) is 26.4 Å². The lowest BCUT2D eigenvalue weighted by Gasteiger charge is -2.10. The summed E-state index contributed by atoms with van der Waals surface area (Å²) in [6.45, 7) is 0.245. The van der Waals surface area contributed by atoms with E-state index >= 15 is 0 Å². The highest BCUT2D eigenvalue weighted by molar-refractivity contribution is 6.32. The van der Waals surface area contributed by atoms with Gasteiger partial charge in [0.25, 0.3) is 0 Å². The van der Waals surface area contributed by atoms with Gasteiger partial charge in [0.05, 0.1) is 48.9 Å². The minimum atomic E-state index is -0.0664. The van der Waals surface area contributed by atoms with Crippen LogP contribution < -0.4 is 30.4 Å².